The maximum Gasteiger partial charge on any atom is 0.160 e. The number of nitrogen functional groups attached to an aromatic ring is 1. The van der Waals surface area contributed by atoms with Crippen molar-refractivity contribution in [1.29, 1.82) is 0 Å². The minimum absolute atomic E-state index is 0.675. The topological polar surface area (TPSA) is 94.5 Å². The smallest absolute Gasteiger partial charge is 0.160 e. The highest BCUT2D eigenvalue weighted by Gasteiger charge is 2.15. The van der Waals surface area contributed by atoms with E-state index < -0.39 is 0 Å². The molecule has 0 aliphatic heterocycles. The van der Waals surface area contributed by atoms with Crippen molar-refractivity contribution in [3.8, 4) is 5.75 Å². The zero-order valence-corrected chi connectivity index (χ0v) is 19.5. The molecule has 0 saturated carbocycles. The van der Waals surface area contributed by atoms with Crippen molar-refractivity contribution in [2.75, 3.05) is 62.6 Å². The largest absolute Gasteiger partial charge is 0.494 e. The number of fused-ring (bicyclic) bond motifs is 1. The van der Waals surface area contributed by atoms with Gasteiger partial charge in [-0.1, -0.05) is 18.2 Å². The Morgan fingerprint density at radius 3 is 2.45 bits per heavy atom. The molecule has 0 aliphatic rings. The van der Waals surface area contributed by atoms with Gasteiger partial charge >= 0.3 is 0 Å². The van der Waals surface area contributed by atoms with Crippen LogP contribution in [0.1, 0.15) is 0 Å². The van der Waals surface area contributed by atoms with E-state index in [4.69, 9.17) is 10.5 Å². The molecule has 3 aromatic carbocycles. The Kier molecular flexibility index (Phi) is 6.55. The second-order valence-corrected chi connectivity index (χ2v) is 8.28. The van der Waals surface area contributed by atoms with Gasteiger partial charge in [-0.2, -0.15) is 5.10 Å². The third-order valence-corrected chi connectivity index (χ3v) is 5.52. The van der Waals surface area contributed by atoms with Crippen molar-refractivity contribution in [2.45, 2.75) is 0 Å². The first-order chi connectivity index (χ1) is 15.9. The summed E-state index contributed by atoms with van der Waals surface area (Å²) in [6, 6.07) is 20.0. The van der Waals surface area contributed by atoms with E-state index in [9.17, 15) is 0 Å². The maximum absolute atomic E-state index is 6.40. The number of benzene rings is 3. The summed E-state index contributed by atoms with van der Waals surface area (Å²) in [7, 11) is 7.80. The number of aromatic nitrogens is 2. The van der Waals surface area contributed by atoms with Crippen LogP contribution in [0.15, 0.2) is 60.7 Å². The Labute approximate surface area is 194 Å². The number of nitrogens with two attached hydrogens (primary N) is 1. The maximum atomic E-state index is 6.40. The fraction of sp³-hybridized carbons (Fsp3) is 0.240. The van der Waals surface area contributed by atoms with Gasteiger partial charge in [0.15, 0.2) is 5.82 Å². The number of methoxy groups -OCH3 is 1. The van der Waals surface area contributed by atoms with Crippen LogP contribution >= 0.6 is 0 Å². The number of hydrogen-bond acceptors (Lipinski definition) is 7. The summed E-state index contributed by atoms with van der Waals surface area (Å²) in [5, 5.41) is 15.3. The molecule has 1 heterocycles. The molecule has 0 bridgehead atoms. The van der Waals surface area contributed by atoms with Gasteiger partial charge in [0.05, 0.1) is 29.7 Å². The summed E-state index contributed by atoms with van der Waals surface area (Å²) in [6.07, 6.45) is 0. The fourth-order valence-electron chi connectivity index (χ4n) is 3.66. The number of ether oxygens (including phenoxy) is 1. The highest BCUT2D eigenvalue weighted by atomic mass is 16.5. The molecular weight excluding hydrogens is 414 g/mol. The standard InChI is InChI=1S/C25H31N7O/c1-31(2)12-13-32(3)23-16-24(33-4)22(15-20(23)26)28-25-19-11-10-18(14-21(19)29-30-25)27-17-8-6-5-7-9-17/h5-11,14-16,27H,12-13,26H2,1-4H3,(H2,28,29,30). The van der Waals surface area contributed by atoms with Crippen molar-refractivity contribution in [3.63, 3.8) is 0 Å². The van der Waals surface area contributed by atoms with E-state index in [0.29, 0.717) is 17.3 Å². The SMILES string of the molecule is COc1cc(N(C)CCN(C)C)c(N)cc1Nc1n[nH]c2cc(Nc3ccccc3)ccc12. The van der Waals surface area contributed by atoms with Gasteiger partial charge in [-0.15, -0.1) is 0 Å². The number of nitrogens with one attached hydrogen (secondary N) is 3. The number of para-hydroxylation sites is 1. The Balaban J connectivity index is 1.56. The number of anilines is 6. The van der Waals surface area contributed by atoms with E-state index in [0.717, 1.165) is 46.7 Å². The van der Waals surface area contributed by atoms with Crippen LogP contribution in [-0.2, 0) is 0 Å². The molecule has 0 spiro atoms. The third kappa shape index (κ3) is 5.12. The van der Waals surface area contributed by atoms with Crippen molar-refractivity contribution in [3.05, 3.63) is 60.7 Å². The Bertz CT molecular complexity index is 1220. The van der Waals surface area contributed by atoms with E-state index >= 15 is 0 Å². The molecule has 8 heteroatoms. The van der Waals surface area contributed by atoms with Crippen LogP contribution < -0.4 is 26.0 Å². The molecule has 0 radical (unpaired) electrons. The van der Waals surface area contributed by atoms with Crippen LogP contribution in [0.2, 0.25) is 0 Å². The number of hydrogen-bond donors (Lipinski definition) is 4. The molecule has 4 rings (SSSR count). The van der Waals surface area contributed by atoms with Crippen molar-refractivity contribution >= 4 is 45.2 Å². The molecule has 0 aliphatic carbocycles. The van der Waals surface area contributed by atoms with Crippen LogP contribution in [0.5, 0.6) is 5.75 Å². The Hall–Kier alpha value is -3.91. The van der Waals surface area contributed by atoms with Crippen molar-refractivity contribution in [2.24, 2.45) is 0 Å². The molecule has 1 aromatic heterocycles. The summed E-state index contributed by atoms with van der Waals surface area (Å²) >= 11 is 0. The Morgan fingerprint density at radius 2 is 1.73 bits per heavy atom. The predicted molar refractivity (Wildman–Crippen MR) is 138 cm³/mol. The van der Waals surface area contributed by atoms with Gasteiger partial charge < -0.3 is 30.9 Å². The lowest BCUT2D eigenvalue weighted by molar-refractivity contribution is 0.413. The van der Waals surface area contributed by atoms with E-state index in [2.05, 4.69) is 44.7 Å². The van der Waals surface area contributed by atoms with Crippen LogP contribution in [0, 0.1) is 0 Å². The van der Waals surface area contributed by atoms with Gasteiger partial charge in [0, 0.05) is 43.0 Å². The quantitative estimate of drug-likeness (QED) is 0.279. The van der Waals surface area contributed by atoms with Crippen LogP contribution in [0.3, 0.4) is 0 Å². The number of nitrogens with zero attached hydrogens (tertiary/aromatic N) is 3. The van der Waals surface area contributed by atoms with Crippen LogP contribution in [0.25, 0.3) is 10.9 Å². The molecule has 5 N–H and O–H groups in total. The lowest BCUT2D eigenvalue weighted by Crippen LogP contribution is -2.29. The zero-order valence-electron chi connectivity index (χ0n) is 19.5. The molecule has 4 aromatic rings. The van der Waals surface area contributed by atoms with Crippen LogP contribution in [-0.4, -0.2) is 56.4 Å². The molecule has 0 fully saturated rings. The first-order valence-corrected chi connectivity index (χ1v) is 10.8. The molecule has 0 atom stereocenters. The molecule has 33 heavy (non-hydrogen) atoms. The molecular formula is C25H31N7O. The molecule has 0 saturated heterocycles. The third-order valence-electron chi connectivity index (χ3n) is 5.52. The lowest BCUT2D eigenvalue weighted by atomic mass is 10.2. The van der Waals surface area contributed by atoms with Gasteiger partial charge in [0.25, 0.3) is 0 Å². The zero-order chi connectivity index (χ0) is 23.4. The average molecular weight is 446 g/mol. The number of H-pyrrole nitrogens is 1. The first kappa shape index (κ1) is 22.3. The minimum Gasteiger partial charge on any atom is -0.494 e. The first-order valence-electron chi connectivity index (χ1n) is 10.8. The summed E-state index contributed by atoms with van der Waals surface area (Å²) in [4.78, 5) is 4.27. The van der Waals surface area contributed by atoms with E-state index in [1.165, 1.54) is 0 Å². The number of aromatic amines is 1. The minimum atomic E-state index is 0.675. The monoisotopic (exact) mass is 445 g/mol. The second-order valence-electron chi connectivity index (χ2n) is 8.28. The lowest BCUT2D eigenvalue weighted by Gasteiger charge is -2.24. The van der Waals surface area contributed by atoms with Gasteiger partial charge in [0.2, 0.25) is 0 Å². The van der Waals surface area contributed by atoms with Gasteiger partial charge in [0.1, 0.15) is 5.75 Å². The number of rotatable bonds is 9. The normalized spacial score (nSPS) is 11.1. The van der Waals surface area contributed by atoms with Crippen molar-refractivity contribution < 1.29 is 4.74 Å². The van der Waals surface area contributed by atoms with Gasteiger partial charge in [-0.05, 0) is 50.5 Å². The molecule has 0 unspecified atom stereocenters. The summed E-state index contributed by atoms with van der Waals surface area (Å²) < 4.78 is 5.66. The fourth-order valence-corrected chi connectivity index (χ4v) is 3.66. The van der Waals surface area contributed by atoms with Gasteiger partial charge in [-0.25, -0.2) is 0 Å². The number of likely N-dealkylation sites (N-methyl/N-ethyl adjacent to an activating group) is 2. The summed E-state index contributed by atoms with van der Waals surface area (Å²) in [6.45, 7) is 1.79. The van der Waals surface area contributed by atoms with Crippen LogP contribution in [0.4, 0.5) is 34.3 Å². The highest BCUT2D eigenvalue weighted by molar-refractivity contribution is 5.94. The molecule has 0 amide bonds. The van der Waals surface area contributed by atoms with E-state index in [1.54, 1.807) is 7.11 Å². The van der Waals surface area contributed by atoms with E-state index in [-0.39, 0.29) is 0 Å². The second kappa shape index (κ2) is 9.70. The highest BCUT2D eigenvalue weighted by Crippen LogP contribution is 2.37. The average Bonchev–Trinajstić information content (AvgIpc) is 3.20. The Morgan fingerprint density at radius 1 is 0.939 bits per heavy atom. The molecule has 8 nitrogen and oxygen atoms in total. The van der Waals surface area contributed by atoms with Crippen molar-refractivity contribution in [1.82, 2.24) is 15.1 Å². The molecule has 172 valence electrons. The summed E-state index contributed by atoms with van der Waals surface area (Å²) in [5.74, 6) is 1.41. The summed E-state index contributed by atoms with van der Waals surface area (Å²) in [5.41, 5.74) is 11.7. The van der Waals surface area contributed by atoms with E-state index in [1.807, 2.05) is 67.7 Å². The predicted octanol–water partition coefficient (Wildman–Crippen LogP) is 4.64. The van der Waals surface area contributed by atoms with Gasteiger partial charge in [-0.3, -0.25) is 5.10 Å².